The normalized spacial score (nSPS) is 14.3. The van der Waals surface area contributed by atoms with E-state index in [1.54, 1.807) is 11.8 Å². The largest absolute Gasteiger partial charge is 0.337 e. The van der Waals surface area contributed by atoms with Gasteiger partial charge in [-0.1, -0.05) is 12.1 Å². The molecule has 1 aliphatic rings. The molecule has 3 rings (SSSR count). The van der Waals surface area contributed by atoms with Gasteiger partial charge in [-0.2, -0.15) is 0 Å². The van der Waals surface area contributed by atoms with E-state index in [2.05, 4.69) is 10.6 Å². The van der Waals surface area contributed by atoms with Crippen molar-refractivity contribution >= 4 is 23.3 Å². The third-order valence-electron chi connectivity index (χ3n) is 4.32. The number of nitrogens with zero attached hydrogens (tertiary/aromatic N) is 1. The number of halogens is 1. The summed E-state index contributed by atoms with van der Waals surface area (Å²) in [5.74, 6) is -0.443. The molecule has 1 aliphatic heterocycles. The van der Waals surface area contributed by atoms with Gasteiger partial charge < -0.3 is 21.3 Å². The molecular weight excluding hydrogens is 335 g/mol. The van der Waals surface area contributed by atoms with Gasteiger partial charge in [0, 0.05) is 24.5 Å². The fourth-order valence-electron chi connectivity index (χ4n) is 3.02. The molecule has 0 aromatic heterocycles. The van der Waals surface area contributed by atoms with E-state index >= 15 is 0 Å². The number of fused-ring (bicyclic) bond motifs is 1. The molecule has 0 saturated heterocycles. The van der Waals surface area contributed by atoms with Gasteiger partial charge in [0.05, 0.1) is 6.04 Å². The van der Waals surface area contributed by atoms with Crippen molar-refractivity contribution in [2.24, 2.45) is 5.73 Å². The summed E-state index contributed by atoms with van der Waals surface area (Å²) in [4.78, 5) is 26.0. The second-order valence-electron chi connectivity index (χ2n) is 6.33. The number of amides is 3. The standard InChI is InChI=1S/C19H21FN4O2/c1-12(21)18(25)24-10-9-16-13(11-24)3-2-4-17(16)23-19(26)22-15-7-5-14(20)6-8-15/h2-8,12H,9-11,21H2,1H3,(H2,22,23,26)/t12-/m1/s1. The zero-order valence-corrected chi connectivity index (χ0v) is 14.5. The summed E-state index contributed by atoms with van der Waals surface area (Å²) in [6.07, 6.45) is 0.640. The minimum atomic E-state index is -0.528. The monoisotopic (exact) mass is 356 g/mol. The predicted octanol–water partition coefficient (Wildman–Crippen LogP) is 2.70. The zero-order valence-electron chi connectivity index (χ0n) is 14.5. The van der Waals surface area contributed by atoms with Crippen molar-refractivity contribution in [1.29, 1.82) is 0 Å². The second kappa shape index (κ2) is 7.53. The maximum Gasteiger partial charge on any atom is 0.323 e. The maximum atomic E-state index is 12.9. The maximum absolute atomic E-state index is 12.9. The molecule has 7 heteroatoms. The van der Waals surface area contributed by atoms with Crippen molar-refractivity contribution in [3.05, 3.63) is 59.4 Å². The van der Waals surface area contributed by atoms with Crippen LogP contribution < -0.4 is 16.4 Å². The van der Waals surface area contributed by atoms with E-state index in [1.807, 2.05) is 18.2 Å². The molecule has 2 aromatic carbocycles. The third-order valence-corrected chi connectivity index (χ3v) is 4.32. The van der Waals surface area contributed by atoms with E-state index in [1.165, 1.54) is 24.3 Å². The minimum Gasteiger partial charge on any atom is -0.337 e. The van der Waals surface area contributed by atoms with Gasteiger partial charge in [0.25, 0.3) is 0 Å². The van der Waals surface area contributed by atoms with Crippen molar-refractivity contribution in [1.82, 2.24) is 4.90 Å². The first-order valence-corrected chi connectivity index (χ1v) is 8.43. The minimum absolute atomic E-state index is 0.0805. The summed E-state index contributed by atoms with van der Waals surface area (Å²) < 4.78 is 12.9. The number of nitrogens with two attached hydrogens (primary N) is 1. The van der Waals surface area contributed by atoms with Crippen LogP contribution >= 0.6 is 0 Å². The summed E-state index contributed by atoms with van der Waals surface area (Å²) >= 11 is 0. The molecule has 4 N–H and O–H groups in total. The number of hydrogen-bond acceptors (Lipinski definition) is 3. The average molecular weight is 356 g/mol. The van der Waals surface area contributed by atoms with Crippen LogP contribution in [0.4, 0.5) is 20.6 Å². The summed E-state index contributed by atoms with van der Waals surface area (Å²) in [5.41, 5.74) is 8.89. The molecule has 0 saturated carbocycles. The Morgan fingerprint density at radius 3 is 2.58 bits per heavy atom. The van der Waals surface area contributed by atoms with Crippen LogP contribution in [0.15, 0.2) is 42.5 Å². The number of hydrogen-bond donors (Lipinski definition) is 3. The molecule has 26 heavy (non-hydrogen) atoms. The van der Waals surface area contributed by atoms with Crippen molar-refractivity contribution in [3.8, 4) is 0 Å². The molecule has 0 aliphatic carbocycles. The Morgan fingerprint density at radius 2 is 1.88 bits per heavy atom. The number of benzene rings is 2. The van der Waals surface area contributed by atoms with E-state index in [9.17, 15) is 14.0 Å². The first kappa shape index (κ1) is 17.9. The Bertz CT molecular complexity index is 821. The highest BCUT2D eigenvalue weighted by Gasteiger charge is 2.24. The van der Waals surface area contributed by atoms with Crippen LogP contribution in [0.1, 0.15) is 18.1 Å². The van der Waals surface area contributed by atoms with Gasteiger partial charge in [-0.15, -0.1) is 0 Å². The van der Waals surface area contributed by atoms with Crippen LogP contribution in [0.2, 0.25) is 0 Å². The molecule has 0 spiro atoms. The van der Waals surface area contributed by atoms with Gasteiger partial charge in [-0.3, -0.25) is 4.79 Å². The smallest absolute Gasteiger partial charge is 0.323 e. The van der Waals surface area contributed by atoms with E-state index in [4.69, 9.17) is 5.73 Å². The summed E-state index contributed by atoms with van der Waals surface area (Å²) in [6.45, 7) is 2.71. The highest BCUT2D eigenvalue weighted by Crippen LogP contribution is 2.26. The highest BCUT2D eigenvalue weighted by molar-refractivity contribution is 6.00. The first-order valence-electron chi connectivity index (χ1n) is 8.43. The second-order valence-corrected chi connectivity index (χ2v) is 6.33. The molecule has 1 heterocycles. The molecule has 0 radical (unpaired) electrons. The quantitative estimate of drug-likeness (QED) is 0.790. The van der Waals surface area contributed by atoms with Crippen molar-refractivity contribution < 1.29 is 14.0 Å². The van der Waals surface area contributed by atoms with Crippen LogP contribution in [0, 0.1) is 5.82 Å². The first-order chi connectivity index (χ1) is 12.4. The molecule has 2 aromatic rings. The number of anilines is 2. The molecule has 0 unspecified atom stereocenters. The summed E-state index contributed by atoms with van der Waals surface area (Å²) in [5, 5.41) is 5.50. The Balaban J connectivity index is 1.70. The molecular formula is C19H21FN4O2. The van der Waals surface area contributed by atoms with E-state index < -0.39 is 12.1 Å². The van der Waals surface area contributed by atoms with Gasteiger partial charge in [0.1, 0.15) is 5.82 Å². The Morgan fingerprint density at radius 1 is 1.15 bits per heavy atom. The van der Waals surface area contributed by atoms with Crippen LogP contribution in [-0.4, -0.2) is 29.4 Å². The lowest BCUT2D eigenvalue weighted by atomic mass is 9.97. The van der Waals surface area contributed by atoms with Gasteiger partial charge in [0.15, 0.2) is 0 Å². The lowest BCUT2D eigenvalue weighted by molar-refractivity contribution is -0.133. The van der Waals surface area contributed by atoms with Gasteiger partial charge >= 0.3 is 6.03 Å². The lowest BCUT2D eigenvalue weighted by Crippen LogP contribution is -2.44. The van der Waals surface area contributed by atoms with E-state index in [0.29, 0.717) is 30.9 Å². The molecule has 0 bridgehead atoms. The number of urea groups is 1. The molecule has 0 fully saturated rings. The fourth-order valence-corrected chi connectivity index (χ4v) is 3.02. The van der Waals surface area contributed by atoms with Crippen molar-refractivity contribution in [2.45, 2.75) is 25.9 Å². The van der Waals surface area contributed by atoms with Gasteiger partial charge in [0.2, 0.25) is 5.91 Å². The Hall–Kier alpha value is -2.93. The number of nitrogens with one attached hydrogen (secondary N) is 2. The predicted molar refractivity (Wildman–Crippen MR) is 98.3 cm³/mol. The Labute approximate surface area is 151 Å². The summed E-state index contributed by atoms with van der Waals surface area (Å²) in [7, 11) is 0. The van der Waals surface area contributed by atoms with Gasteiger partial charge in [-0.05, 0) is 54.8 Å². The number of carbonyl (C=O) groups excluding carboxylic acids is 2. The van der Waals surface area contributed by atoms with Crippen LogP contribution in [-0.2, 0) is 17.8 Å². The zero-order chi connectivity index (χ0) is 18.7. The number of carbonyl (C=O) groups is 2. The fraction of sp³-hybridized carbons (Fsp3) is 0.263. The average Bonchev–Trinajstić information content (AvgIpc) is 2.62. The Kier molecular flexibility index (Phi) is 5.18. The molecule has 3 amide bonds. The SMILES string of the molecule is C[C@@H](N)C(=O)N1CCc2c(cccc2NC(=O)Nc2ccc(F)cc2)C1. The molecule has 1 atom stereocenters. The third kappa shape index (κ3) is 4.00. The highest BCUT2D eigenvalue weighted by atomic mass is 19.1. The van der Waals surface area contributed by atoms with Crippen LogP contribution in [0.25, 0.3) is 0 Å². The molecule has 136 valence electrons. The van der Waals surface area contributed by atoms with Crippen molar-refractivity contribution in [2.75, 3.05) is 17.2 Å². The topological polar surface area (TPSA) is 87.5 Å². The lowest BCUT2D eigenvalue weighted by Gasteiger charge is -2.31. The number of rotatable bonds is 3. The molecule has 6 nitrogen and oxygen atoms in total. The van der Waals surface area contributed by atoms with Crippen LogP contribution in [0.5, 0.6) is 0 Å². The van der Waals surface area contributed by atoms with Gasteiger partial charge in [-0.25, -0.2) is 9.18 Å². The van der Waals surface area contributed by atoms with Crippen LogP contribution in [0.3, 0.4) is 0 Å². The van der Waals surface area contributed by atoms with E-state index in [-0.39, 0.29) is 11.7 Å². The van der Waals surface area contributed by atoms with E-state index in [0.717, 1.165) is 11.1 Å². The van der Waals surface area contributed by atoms with Crippen molar-refractivity contribution in [3.63, 3.8) is 0 Å². The summed E-state index contributed by atoms with van der Waals surface area (Å²) in [6, 6.07) is 10.2.